The van der Waals surface area contributed by atoms with Crippen molar-refractivity contribution in [3.05, 3.63) is 65.0 Å². The lowest BCUT2D eigenvalue weighted by Crippen LogP contribution is -2.06. The van der Waals surface area contributed by atoms with E-state index in [4.69, 9.17) is 4.74 Å². The minimum Gasteiger partial charge on any atom is -0.494 e. The first kappa shape index (κ1) is 15.1. The molecule has 1 unspecified atom stereocenters. The van der Waals surface area contributed by atoms with Crippen molar-refractivity contribution in [2.45, 2.75) is 26.2 Å². The second-order valence-corrected chi connectivity index (χ2v) is 5.13. The van der Waals surface area contributed by atoms with Crippen molar-refractivity contribution in [2.75, 3.05) is 6.61 Å². The van der Waals surface area contributed by atoms with Crippen molar-refractivity contribution in [2.24, 2.45) is 0 Å². The summed E-state index contributed by atoms with van der Waals surface area (Å²) in [6.07, 6.45) is 0.609. The van der Waals surface area contributed by atoms with Crippen LogP contribution >= 0.6 is 0 Å². The highest BCUT2D eigenvalue weighted by Gasteiger charge is 2.13. The Morgan fingerprint density at radius 3 is 2.52 bits per heavy atom. The van der Waals surface area contributed by atoms with Gasteiger partial charge in [-0.2, -0.15) is 5.26 Å². The van der Waals surface area contributed by atoms with Crippen LogP contribution < -0.4 is 4.74 Å². The molecule has 3 heteroatoms. The Labute approximate surface area is 124 Å². The predicted octanol–water partition coefficient (Wildman–Crippen LogP) is 4.52. The zero-order chi connectivity index (χ0) is 15.2. The molecule has 0 N–H and O–H groups in total. The molecule has 0 fully saturated rings. The summed E-state index contributed by atoms with van der Waals surface area (Å²) in [5.41, 5.74) is 3.32. The third kappa shape index (κ3) is 4.06. The quantitative estimate of drug-likeness (QED) is 0.808. The van der Waals surface area contributed by atoms with Gasteiger partial charge >= 0.3 is 0 Å². The molecule has 0 aromatic heterocycles. The zero-order valence-electron chi connectivity index (χ0n) is 12.3. The summed E-state index contributed by atoms with van der Waals surface area (Å²) in [6, 6.07) is 14.4. The SMILES string of the molecule is Cc1ccc(C)c(C(C#N)CCOc2ccc(F)cc2)c1. The Bertz CT molecular complexity index is 643. The summed E-state index contributed by atoms with van der Waals surface area (Å²) in [4.78, 5) is 0. The minimum absolute atomic E-state index is 0.189. The number of nitrogens with zero attached hydrogens (tertiary/aromatic N) is 1. The molecule has 0 aliphatic carbocycles. The molecule has 2 rings (SSSR count). The van der Waals surface area contributed by atoms with Gasteiger partial charge in [-0.25, -0.2) is 4.39 Å². The van der Waals surface area contributed by atoms with Crippen LogP contribution in [0.1, 0.15) is 29.0 Å². The lowest BCUT2D eigenvalue weighted by atomic mass is 9.92. The highest BCUT2D eigenvalue weighted by atomic mass is 19.1. The fourth-order valence-electron chi connectivity index (χ4n) is 2.25. The number of nitriles is 1. The monoisotopic (exact) mass is 283 g/mol. The largest absolute Gasteiger partial charge is 0.494 e. The Morgan fingerprint density at radius 2 is 1.86 bits per heavy atom. The van der Waals surface area contributed by atoms with Gasteiger partial charge in [-0.15, -0.1) is 0 Å². The molecule has 0 radical (unpaired) electrons. The van der Waals surface area contributed by atoms with E-state index in [0.717, 1.165) is 16.7 Å². The summed E-state index contributed by atoms with van der Waals surface area (Å²) in [7, 11) is 0. The molecule has 2 aromatic rings. The van der Waals surface area contributed by atoms with Gasteiger partial charge in [0.2, 0.25) is 0 Å². The highest BCUT2D eigenvalue weighted by molar-refractivity contribution is 5.36. The van der Waals surface area contributed by atoms with Gasteiger partial charge < -0.3 is 4.74 Å². The van der Waals surface area contributed by atoms with Gasteiger partial charge in [0.25, 0.3) is 0 Å². The molecule has 21 heavy (non-hydrogen) atoms. The summed E-state index contributed by atoms with van der Waals surface area (Å²) < 4.78 is 18.4. The van der Waals surface area contributed by atoms with E-state index in [1.165, 1.54) is 12.1 Å². The second kappa shape index (κ2) is 6.90. The van der Waals surface area contributed by atoms with Crippen LogP contribution in [0, 0.1) is 31.0 Å². The van der Waals surface area contributed by atoms with Gasteiger partial charge in [0.1, 0.15) is 11.6 Å². The van der Waals surface area contributed by atoms with E-state index in [1.54, 1.807) is 12.1 Å². The molecule has 0 saturated carbocycles. The fraction of sp³-hybridized carbons (Fsp3) is 0.278. The average Bonchev–Trinajstić information content (AvgIpc) is 2.48. The number of hydrogen-bond acceptors (Lipinski definition) is 2. The predicted molar refractivity (Wildman–Crippen MR) is 80.8 cm³/mol. The van der Waals surface area contributed by atoms with Crippen LogP contribution in [0.2, 0.25) is 0 Å². The van der Waals surface area contributed by atoms with E-state index in [-0.39, 0.29) is 11.7 Å². The molecule has 0 spiro atoms. The Kier molecular flexibility index (Phi) is 4.94. The summed E-state index contributed by atoms with van der Waals surface area (Å²) >= 11 is 0. The van der Waals surface area contributed by atoms with E-state index in [0.29, 0.717) is 18.8 Å². The molecule has 108 valence electrons. The molecule has 1 atom stereocenters. The molecule has 0 amide bonds. The second-order valence-electron chi connectivity index (χ2n) is 5.13. The standard InChI is InChI=1S/C18H18FNO/c1-13-3-4-14(2)18(11-13)15(12-20)9-10-21-17-7-5-16(19)6-8-17/h3-8,11,15H,9-10H2,1-2H3. The van der Waals surface area contributed by atoms with Gasteiger partial charge in [-0.05, 0) is 49.2 Å². The van der Waals surface area contributed by atoms with Crippen LogP contribution in [0.25, 0.3) is 0 Å². The van der Waals surface area contributed by atoms with Crippen LogP contribution in [0.5, 0.6) is 5.75 Å². The third-order valence-electron chi connectivity index (χ3n) is 3.45. The molecular weight excluding hydrogens is 265 g/mol. The summed E-state index contributed by atoms with van der Waals surface area (Å²) in [5.74, 6) is 0.145. The van der Waals surface area contributed by atoms with Gasteiger partial charge in [0.15, 0.2) is 0 Å². The number of halogens is 1. The average molecular weight is 283 g/mol. The maximum absolute atomic E-state index is 12.8. The smallest absolute Gasteiger partial charge is 0.123 e. The van der Waals surface area contributed by atoms with Crippen molar-refractivity contribution in [3.63, 3.8) is 0 Å². The van der Waals surface area contributed by atoms with Crippen molar-refractivity contribution in [3.8, 4) is 11.8 Å². The molecule has 0 saturated heterocycles. The van der Waals surface area contributed by atoms with E-state index in [2.05, 4.69) is 12.1 Å². The Balaban J connectivity index is 1.98. The van der Waals surface area contributed by atoms with Crippen LogP contribution in [0.15, 0.2) is 42.5 Å². The Morgan fingerprint density at radius 1 is 1.14 bits per heavy atom. The van der Waals surface area contributed by atoms with Gasteiger partial charge in [0.05, 0.1) is 18.6 Å². The first-order valence-electron chi connectivity index (χ1n) is 6.95. The number of benzene rings is 2. The van der Waals surface area contributed by atoms with Gasteiger partial charge in [-0.3, -0.25) is 0 Å². The van der Waals surface area contributed by atoms with Crippen LogP contribution in [0.3, 0.4) is 0 Å². The minimum atomic E-state index is -0.285. The number of aryl methyl sites for hydroxylation is 2. The van der Waals surface area contributed by atoms with Gasteiger partial charge in [-0.1, -0.05) is 23.8 Å². The lowest BCUT2D eigenvalue weighted by Gasteiger charge is -2.14. The summed E-state index contributed by atoms with van der Waals surface area (Å²) in [6.45, 7) is 4.46. The molecule has 0 aliphatic rings. The summed E-state index contributed by atoms with van der Waals surface area (Å²) in [5, 5.41) is 9.37. The topological polar surface area (TPSA) is 33.0 Å². The maximum atomic E-state index is 12.8. The van der Waals surface area contributed by atoms with Gasteiger partial charge in [0, 0.05) is 6.42 Å². The number of hydrogen-bond donors (Lipinski definition) is 0. The van der Waals surface area contributed by atoms with Crippen molar-refractivity contribution in [1.29, 1.82) is 5.26 Å². The number of rotatable bonds is 5. The highest BCUT2D eigenvalue weighted by Crippen LogP contribution is 2.24. The van der Waals surface area contributed by atoms with E-state index >= 15 is 0 Å². The van der Waals surface area contributed by atoms with Crippen molar-refractivity contribution >= 4 is 0 Å². The lowest BCUT2D eigenvalue weighted by molar-refractivity contribution is 0.305. The van der Waals surface area contributed by atoms with E-state index in [1.807, 2.05) is 26.0 Å². The van der Waals surface area contributed by atoms with E-state index in [9.17, 15) is 9.65 Å². The molecule has 0 aliphatic heterocycles. The number of ether oxygens (including phenoxy) is 1. The molecule has 2 aromatic carbocycles. The molecule has 2 nitrogen and oxygen atoms in total. The maximum Gasteiger partial charge on any atom is 0.123 e. The first-order valence-corrected chi connectivity index (χ1v) is 6.95. The van der Waals surface area contributed by atoms with Crippen LogP contribution in [-0.4, -0.2) is 6.61 Å². The van der Waals surface area contributed by atoms with Crippen LogP contribution in [0.4, 0.5) is 4.39 Å². The van der Waals surface area contributed by atoms with Crippen molar-refractivity contribution < 1.29 is 9.13 Å². The fourth-order valence-corrected chi connectivity index (χ4v) is 2.25. The molecule has 0 heterocycles. The molecular formula is C18H18FNO. The normalized spacial score (nSPS) is 11.7. The molecule has 0 bridgehead atoms. The zero-order valence-corrected chi connectivity index (χ0v) is 12.3. The Hall–Kier alpha value is -2.34. The third-order valence-corrected chi connectivity index (χ3v) is 3.45. The van der Waals surface area contributed by atoms with Crippen molar-refractivity contribution in [1.82, 2.24) is 0 Å². The van der Waals surface area contributed by atoms with E-state index < -0.39 is 0 Å². The first-order chi connectivity index (χ1) is 10.1. The van der Waals surface area contributed by atoms with Crippen LogP contribution in [-0.2, 0) is 0 Å².